The van der Waals surface area contributed by atoms with Gasteiger partial charge in [-0.1, -0.05) is 26.0 Å². The van der Waals surface area contributed by atoms with Crippen LogP contribution in [0.2, 0.25) is 0 Å². The van der Waals surface area contributed by atoms with Crippen molar-refractivity contribution in [2.24, 2.45) is 0 Å². The van der Waals surface area contributed by atoms with Crippen LogP contribution in [0.1, 0.15) is 39.2 Å². The Morgan fingerprint density at radius 3 is 2.15 bits per heavy atom. The van der Waals surface area contributed by atoms with E-state index in [1.54, 1.807) is 0 Å². The van der Waals surface area contributed by atoms with Crippen LogP contribution in [0.25, 0.3) is 0 Å². The minimum atomic E-state index is -0.161. The summed E-state index contributed by atoms with van der Waals surface area (Å²) < 4.78 is 5.49. The van der Waals surface area contributed by atoms with Crippen LogP contribution >= 0.6 is 23.2 Å². The van der Waals surface area contributed by atoms with Crippen LogP contribution in [0.4, 0.5) is 5.69 Å². The average molecular weight is 403 g/mol. The molecule has 26 heavy (non-hydrogen) atoms. The van der Waals surface area contributed by atoms with Crippen molar-refractivity contribution in [3.05, 3.63) is 29.8 Å². The van der Waals surface area contributed by atoms with Crippen LogP contribution < -0.4 is 4.90 Å². The number of esters is 1. The topological polar surface area (TPSA) is 32.8 Å². The Balaban J connectivity index is 2.42. The van der Waals surface area contributed by atoms with Gasteiger partial charge in [0.2, 0.25) is 0 Å². The first kappa shape index (κ1) is 23.1. The molecule has 148 valence electrons. The van der Waals surface area contributed by atoms with Crippen LogP contribution in [0.3, 0.4) is 0 Å². The molecule has 0 spiro atoms. The predicted octanol–water partition coefficient (Wildman–Crippen LogP) is 4.52. The molecule has 1 unspecified atom stereocenters. The molecular weight excluding hydrogens is 371 g/mol. The fourth-order valence-corrected chi connectivity index (χ4v) is 3.35. The van der Waals surface area contributed by atoms with Gasteiger partial charge in [0.15, 0.2) is 6.23 Å². The standard InChI is InChI=1S/C20H32Cl2N2O2/c1-4-23(5-2)17(3)26-20(25)8-6-7-18-9-11-19(12-10-18)24(15-13-21)16-14-22/h9-12,17H,4-8,13-16H2,1-3H3. The van der Waals surface area contributed by atoms with Crippen LogP contribution in [0.15, 0.2) is 24.3 Å². The summed E-state index contributed by atoms with van der Waals surface area (Å²) in [4.78, 5) is 16.3. The molecule has 1 aromatic carbocycles. The van der Waals surface area contributed by atoms with E-state index in [0.717, 1.165) is 44.7 Å². The molecule has 1 rings (SSSR count). The van der Waals surface area contributed by atoms with E-state index in [2.05, 4.69) is 47.9 Å². The molecule has 0 N–H and O–H groups in total. The van der Waals surface area contributed by atoms with Gasteiger partial charge >= 0.3 is 5.97 Å². The van der Waals surface area contributed by atoms with Crippen LogP contribution in [-0.2, 0) is 16.0 Å². The van der Waals surface area contributed by atoms with Gasteiger partial charge in [0.25, 0.3) is 0 Å². The summed E-state index contributed by atoms with van der Waals surface area (Å²) in [6.45, 7) is 9.38. The maximum atomic E-state index is 12.0. The van der Waals surface area contributed by atoms with Crippen molar-refractivity contribution in [3.8, 4) is 0 Å². The second-order valence-corrected chi connectivity index (χ2v) is 6.95. The smallest absolute Gasteiger partial charge is 0.307 e. The predicted molar refractivity (Wildman–Crippen MR) is 112 cm³/mol. The molecule has 0 amide bonds. The number of ether oxygens (including phenoxy) is 1. The lowest BCUT2D eigenvalue weighted by atomic mass is 10.1. The summed E-state index contributed by atoms with van der Waals surface area (Å²) in [6, 6.07) is 8.40. The zero-order valence-electron chi connectivity index (χ0n) is 16.2. The Kier molecular flexibility index (Phi) is 11.7. The third-order valence-electron chi connectivity index (χ3n) is 4.49. The minimum absolute atomic E-state index is 0.128. The van der Waals surface area contributed by atoms with Gasteiger partial charge < -0.3 is 9.64 Å². The molecule has 0 aromatic heterocycles. The van der Waals surface area contributed by atoms with Gasteiger partial charge in [-0.05, 0) is 50.6 Å². The van der Waals surface area contributed by atoms with Gasteiger partial charge in [0.05, 0.1) is 0 Å². The number of carbonyl (C=O) groups excluding carboxylic acids is 1. The second-order valence-electron chi connectivity index (χ2n) is 6.20. The third kappa shape index (κ3) is 8.15. The molecule has 0 fully saturated rings. The van der Waals surface area contributed by atoms with E-state index in [-0.39, 0.29) is 12.2 Å². The molecule has 1 aromatic rings. The van der Waals surface area contributed by atoms with Crippen molar-refractivity contribution in [2.75, 3.05) is 42.8 Å². The molecular formula is C20H32Cl2N2O2. The Hall–Kier alpha value is -0.970. The van der Waals surface area contributed by atoms with E-state index in [9.17, 15) is 4.79 Å². The molecule has 0 aliphatic heterocycles. The molecule has 4 nitrogen and oxygen atoms in total. The van der Waals surface area contributed by atoms with Gasteiger partial charge in [-0.2, -0.15) is 0 Å². The highest BCUT2D eigenvalue weighted by atomic mass is 35.5. The summed E-state index contributed by atoms with van der Waals surface area (Å²) in [5, 5.41) is 0. The van der Waals surface area contributed by atoms with Gasteiger partial charge in [0.1, 0.15) is 0 Å². The number of rotatable bonds is 13. The molecule has 0 heterocycles. The third-order valence-corrected chi connectivity index (χ3v) is 4.82. The number of carbonyl (C=O) groups is 1. The highest BCUT2D eigenvalue weighted by Gasteiger charge is 2.14. The van der Waals surface area contributed by atoms with E-state index >= 15 is 0 Å². The molecule has 1 atom stereocenters. The van der Waals surface area contributed by atoms with Crippen molar-refractivity contribution < 1.29 is 9.53 Å². The van der Waals surface area contributed by atoms with Gasteiger partial charge in [0, 0.05) is 37.0 Å². The van der Waals surface area contributed by atoms with Gasteiger partial charge in [-0.25, -0.2) is 0 Å². The number of aryl methyl sites for hydroxylation is 1. The number of nitrogens with zero attached hydrogens (tertiary/aromatic N) is 2. The van der Waals surface area contributed by atoms with Crippen LogP contribution in [0.5, 0.6) is 0 Å². The minimum Gasteiger partial charge on any atom is -0.447 e. The van der Waals surface area contributed by atoms with Crippen molar-refractivity contribution >= 4 is 34.9 Å². The first-order valence-electron chi connectivity index (χ1n) is 9.45. The summed E-state index contributed by atoms with van der Waals surface area (Å²) in [5.41, 5.74) is 2.34. The van der Waals surface area contributed by atoms with Gasteiger partial charge in [-0.15, -0.1) is 23.2 Å². The SMILES string of the molecule is CCN(CC)C(C)OC(=O)CCCc1ccc(N(CCCl)CCCl)cc1. The van der Waals surface area contributed by atoms with Crippen LogP contribution in [0, 0.1) is 0 Å². The zero-order valence-corrected chi connectivity index (χ0v) is 17.7. The fraction of sp³-hybridized carbons (Fsp3) is 0.650. The molecule has 0 saturated carbocycles. The number of hydrogen-bond donors (Lipinski definition) is 0. The molecule has 0 saturated heterocycles. The summed E-state index contributed by atoms with van der Waals surface area (Å²) in [5.74, 6) is 1.02. The van der Waals surface area contributed by atoms with Crippen molar-refractivity contribution in [2.45, 2.75) is 46.3 Å². The van der Waals surface area contributed by atoms with Crippen LogP contribution in [-0.4, -0.2) is 55.0 Å². The van der Waals surface area contributed by atoms with Gasteiger partial charge in [-0.3, -0.25) is 9.69 Å². The Morgan fingerprint density at radius 2 is 1.65 bits per heavy atom. The Morgan fingerprint density at radius 1 is 1.08 bits per heavy atom. The van der Waals surface area contributed by atoms with E-state index in [4.69, 9.17) is 27.9 Å². The monoisotopic (exact) mass is 402 g/mol. The summed E-state index contributed by atoms with van der Waals surface area (Å²) >= 11 is 11.7. The van der Waals surface area contributed by atoms with Crippen molar-refractivity contribution in [1.82, 2.24) is 4.90 Å². The quantitative estimate of drug-likeness (QED) is 0.275. The highest BCUT2D eigenvalue weighted by molar-refractivity contribution is 6.18. The number of hydrogen-bond acceptors (Lipinski definition) is 4. The molecule has 0 radical (unpaired) electrons. The van der Waals surface area contributed by atoms with Crippen molar-refractivity contribution in [1.29, 1.82) is 0 Å². The zero-order chi connectivity index (χ0) is 19.4. The Bertz CT molecular complexity index is 501. The molecule has 0 aliphatic carbocycles. The van der Waals surface area contributed by atoms with E-state index in [0.29, 0.717) is 18.2 Å². The molecule has 6 heteroatoms. The lowest BCUT2D eigenvalue weighted by Crippen LogP contribution is -2.36. The maximum Gasteiger partial charge on any atom is 0.307 e. The second kappa shape index (κ2) is 13.2. The number of alkyl halides is 2. The maximum absolute atomic E-state index is 12.0. The van der Waals surface area contributed by atoms with E-state index < -0.39 is 0 Å². The first-order chi connectivity index (χ1) is 12.5. The summed E-state index contributed by atoms with van der Waals surface area (Å²) in [7, 11) is 0. The lowest BCUT2D eigenvalue weighted by Gasteiger charge is -2.25. The van der Waals surface area contributed by atoms with E-state index in [1.807, 2.05) is 6.92 Å². The molecule has 0 aliphatic rings. The normalized spacial score (nSPS) is 12.2. The van der Waals surface area contributed by atoms with E-state index in [1.165, 1.54) is 5.56 Å². The number of benzene rings is 1. The number of anilines is 1. The fourth-order valence-electron chi connectivity index (χ4n) is 2.95. The van der Waals surface area contributed by atoms with Crippen molar-refractivity contribution in [3.63, 3.8) is 0 Å². The Labute approximate surface area is 168 Å². The largest absolute Gasteiger partial charge is 0.447 e. The summed E-state index contributed by atoms with van der Waals surface area (Å²) in [6.07, 6.45) is 1.93. The highest BCUT2D eigenvalue weighted by Crippen LogP contribution is 2.17. The average Bonchev–Trinajstić information content (AvgIpc) is 2.63. The first-order valence-corrected chi connectivity index (χ1v) is 10.5. The lowest BCUT2D eigenvalue weighted by molar-refractivity contribution is -0.157. The molecule has 0 bridgehead atoms. The number of halogens is 2.